The third kappa shape index (κ3) is 8.48. The van der Waals surface area contributed by atoms with Gasteiger partial charge in [0.15, 0.2) is 0 Å². The molecule has 4 aromatic rings. The SMILES string of the molecule is C.Cc1c(C)c(C)c2c(c1C)C(C)(C)C1(C)C(C)(C)OC2(C)C1(C)C.Cc1c(C)c(C)c2c(c1C)C(C)(C)CC1(C)C(C)(C)OC2(C)C1(C)C.Cc1c(C)c(C)c2c(c1C)C1(C)OC(C)(C)C3(C)[C@]1(C)C(C)(C)O[C@@]23C.Cc1c(C)c(C)c2c(c1C)CC1(C)OC(C)(C)C(C)(C2(C)C)C1(C)C. The minimum atomic E-state index is -0.382. The zero-order valence-electron chi connectivity index (χ0n) is 74.0. The molecule has 5 saturated heterocycles. The van der Waals surface area contributed by atoms with Crippen LogP contribution in [0.5, 0.6) is 0 Å². The number of hydrogen-bond acceptors (Lipinski definition) is 5. The van der Waals surface area contributed by atoms with E-state index in [9.17, 15) is 0 Å². The summed E-state index contributed by atoms with van der Waals surface area (Å²) in [5.74, 6) is 0. The second-order valence-electron chi connectivity index (χ2n) is 42.7. The lowest BCUT2D eigenvalue weighted by Gasteiger charge is -2.61. The molecule has 0 radical (unpaired) electrons. The lowest BCUT2D eigenvalue weighted by molar-refractivity contribution is -0.193. The van der Waals surface area contributed by atoms with Crippen LogP contribution in [0.2, 0.25) is 0 Å². The van der Waals surface area contributed by atoms with Crippen molar-refractivity contribution in [2.75, 3.05) is 0 Å². The van der Waals surface area contributed by atoms with E-state index in [-0.39, 0.29) is 123 Å². The highest BCUT2D eigenvalue weighted by molar-refractivity contribution is 5.64. The Hall–Kier alpha value is -3.32. The first kappa shape index (κ1) is 81.8. The first-order valence-corrected chi connectivity index (χ1v) is 39.2. The fourth-order valence-electron chi connectivity index (χ4n) is 28.1. The van der Waals surface area contributed by atoms with Crippen molar-refractivity contribution in [2.45, 2.75) is 425 Å². The van der Waals surface area contributed by atoms with Gasteiger partial charge in [-0.1, -0.05) is 125 Å². The predicted octanol–water partition coefficient (Wildman–Crippen LogP) is 25.9. The van der Waals surface area contributed by atoms with Crippen molar-refractivity contribution in [1.82, 2.24) is 0 Å². The van der Waals surface area contributed by atoms with Gasteiger partial charge in [0, 0.05) is 49.7 Å². The normalized spacial score (nSPS) is 36.8. The standard InChI is InChI=1S/C24H36O2.2C24H38O.C23H36O.CH4/c1-13-14(2)16(4)18-17(15(13)3)21(9)23(11)19(5,6)26-22(18,10)24(23,12)20(7,8)25-21;1-14-15(2)17(4)19-18(16(14)3)20(5,6)13-23(11)21(7,8)24(19,12)25-22(23,9)10;1-14-15(2)17(4)19-18(16(14)3)13-23(11)21(7,8)24(12,20(19,5)6)22(9,10)25-23;1-13-14(2)16(4)18-17(15(13)3)19(5,6)23(12)20(7,8)22(18,11)24-21(23,9)10;/h1-12H3;2*13H2,1-12H3;1-12H3;1H4/t21-,22?,23?,24+;;;;/m0..../s1. The monoisotopic (exact) mass is 1390 g/mol. The van der Waals surface area contributed by atoms with Crippen molar-refractivity contribution in [2.24, 2.45) is 43.3 Å². The Balaban J connectivity index is 0.000000156. The Morgan fingerprint density at radius 2 is 0.465 bits per heavy atom. The topological polar surface area (TPSA) is 46.2 Å². The van der Waals surface area contributed by atoms with E-state index in [1.54, 1.807) is 16.7 Å². The smallest absolute Gasteiger partial charge is 0.101 e. The van der Waals surface area contributed by atoms with Crippen LogP contribution in [0, 0.1) is 154 Å². The molecule has 101 heavy (non-hydrogen) atoms. The van der Waals surface area contributed by atoms with E-state index in [2.05, 4.69) is 332 Å². The van der Waals surface area contributed by atoms with Gasteiger partial charge in [-0.2, -0.15) is 0 Å². The maximum Gasteiger partial charge on any atom is 0.101 e. The number of ether oxygens (including phenoxy) is 5. The molecule has 10 bridgehead atoms. The number of fused-ring (bicyclic) bond motifs is 14. The number of hydrogen-bond donors (Lipinski definition) is 0. The summed E-state index contributed by atoms with van der Waals surface area (Å²) in [4.78, 5) is 0. The molecule has 0 saturated carbocycles. The fraction of sp³-hybridized carbons (Fsp3) is 0.750. The molecule has 5 fully saturated rings. The molecule has 0 spiro atoms. The van der Waals surface area contributed by atoms with Gasteiger partial charge in [0.2, 0.25) is 0 Å². The third-order valence-corrected chi connectivity index (χ3v) is 37.5. The Morgan fingerprint density at radius 1 is 0.218 bits per heavy atom. The van der Waals surface area contributed by atoms with Crippen LogP contribution >= 0.6 is 0 Å². The Bertz CT molecular complexity index is 4140. The minimum absolute atomic E-state index is 0. The quantitative estimate of drug-likeness (QED) is 0.176. The summed E-state index contributed by atoms with van der Waals surface area (Å²) in [6.07, 6.45) is 2.15. The van der Waals surface area contributed by atoms with Crippen molar-refractivity contribution in [3.8, 4) is 0 Å². The summed E-state index contributed by atoms with van der Waals surface area (Å²) >= 11 is 0. The molecule has 8 unspecified atom stereocenters. The summed E-state index contributed by atoms with van der Waals surface area (Å²) in [6.45, 7) is 113. The molecular weight excluding hydrogens is 1230 g/mol. The van der Waals surface area contributed by atoms with E-state index in [0.717, 1.165) is 12.8 Å². The van der Waals surface area contributed by atoms with E-state index >= 15 is 0 Å². The van der Waals surface area contributed by atoms with Gasteiger partial charge in [0.05, 0.1) is 44.8 Å². The average Bonchev–Trinajstić information content (AvgIpc) is 1.45. The first-order chi connectivity index (χ1) is 44.3. The van der Waals surface area contributed by atoms with Gasteiger partial charge in [-0.05, 0) is 371 Å². The van der Waals surface area contributed by atoms with E-state index in [4.69, 9.17) is 23.7 Å². The second-order valence-corrected chi connectivity index (χ2v) is 42.7. The minimum Gasteiger partial charge on any atom is -0.368 e. The van der Waals surface area contributed by atoms with Crippen molar-refractivity contribution in [3.05, 3.63) is 134 Å². The summed E-state index contributed by atoms with van der Waals surface area (Å²) in [6, 6.07) is 0. The Morgan fingerprint density at radius 3 is 0.842 bits per heavy atom. The maximum absolute atomic E-state index is 7.08. The predicted molar refractivity (Wildman–Crippen MR) is 431 cm³/mol. The van der Waals surface area contributed by atoms with Crippen LogP contribution in [0.25, 0.3) is 0 Å². The van der Waals surface area contributed by atoms with Crippen molar-refractivity contribution in [3.63, 3.8) is 0 Å². The van der Waals surface area contributed by atoms with Gasteiger partial charge in [-0.3, -0.25) is 0 Å². The summed E-state index contributed by atoms with van der Waals surface area (Å²) in [5, 5.41) is 0. The molecule has 9 aliphatic rings. The van der Waals surface area contributed by atoms with Crippen LogP contribution < -0.4 is 0 Å². The summed E-state index contributed by atoms with van der Waals surface area (Å²) in [5.41, 5.74) is 32.5. The van der Waals surface area contributed by atoms with Gasteiger partial charge in [0.25, 0.3) is 0 Å². The van der Waals surface area contributed by atoms with Gasteiger partial charge in [-0.15, -0.1) is 0 Å². The van der Waals surface area contributed by atoms with E-state index in [1.165, 1.54) is 117 Å². The molecular formula is C96H152O5. The van der Waals surface area contributed by atoms with Crippen molar-refractivity contribution in [1.29, 1.82) is 0 Å². The maximum atomic E-state index is 7.08. The average molecular weight is 1390 g/mol. The molecule has 566 valence electrons. The Kier molecular flexibility index (Phi) is 17.6. The Labute approximate surface area is 621 Å². The molecule has 0 aromatic heterocycles. The van der Waals surface area contributed by atoms with E-state index in [1.807, 2.05) is 0 Å². The zero-order chi connectivity index (χ0) is 77.3. The van der Waals surface area contributed by atoms with Crippen LogP contribution in [-0.4, -0.2) is 33.6 Å². The van der Waals surface area contributed by atoms with Crippen LogP contribution in [0.4, 0.5) is 0 Å². The largest absolute Gasteiger partial charge is 0.368 e. The van der Waals surface area contributed by atoms with Gasteiger partial charge in [0.1, 0.15) is 11.2 Å². The first-order valence-electron chi connectivity index (χ1n) is 39.2. The number of benzene rings is 4. The van der Waals surface area contributed by atoms with E-state index < -0.39 is 0 Å². The number of rotatable bonds is 0. The molecule has 5 heteroatoms. The van der Waals surface area contributed by atoms with Crippen LogP contribution in [0.3, 0.4) is 0 Å². The summed E-state index contributed by atoms with van der Waals surface area (Å²) < 4.78 is 35.1. The second kappa shape index (κ2) is 21.8. The zero-order valence-corrected chi connectivity index (χ0v) is 74.0. The van der Waals surface area contributed by atoms with Gasteiger partial charge >= 0.3 is 0 Å². The highest BCUT2D eigenvalue weighted by atomic mass is 16.6. The van der Waals surface area contributed by atoms with Crippen LogP contribution in [-0.2, 0) is 68.8 Å². The van der Waals surface area contributed by atoms with Crippen molar-refractivity contribution >= 4 is 0 Å². The van der Waals surface area contributed by atoms with Gasteiger partial charge in [-0.25, -0.2) is 0 Å². The molecule has 13 rings (SSSR count). The molecule has 5 nitrogen and oxygen atoms in total. The third-order valence-electron chi connectivity index (χ3n) is 37.5. The highest BCUT2D eigenvalue weighted by Gasteiger charge is 2.89. The molecule has 5 heterocycles. The molecule has 4 aromatic carbocycles. The molecule has 4 aliphatic carbocycles. The molecule has 5 aliphatic heterocycles. The lowest BCUT2D eigenvalue weighted by atomic mass is 9.40. The molecule has 0 N–H and O–H groups in total. The highest BCUT2D eigenvalue weighted by Crippen LogP contribution is 2.85. The fourth-order valence-corrected chi connectivity index (χ4v) is 28.1. The van der Waals surface area contributed by atoms with E-state index in [0.29, 0.717) is 0 Å². The van der Waals surface area contributed by atoms with Crippen LogP contribution in [0.1, 0.15) is 369 Å². The lowest BCUT2D eigenvalue weighted by Crippen LogP contribution is -2.61. The molecule has 10 atom stereocenters. The summed E-state index contributed by atoms with van der Waals surface area (Å²) in [7, 11) is 0. The van der Waals surface area contributed by atoms with Crippen LogP contribution in [0.15, 0.2) is 0 Å². The van der Waals surface area contributed by atoms with Gasteiger partial charge < -0.3 is 23.7 Å². The molecule has 0 amide bonds. The van der Waals surface area contributed by atoms with Crippen molar-refractivity contribution < 1.29 is 23.7 Å².